The second-order valence-electron chi connectivity index (χ2n) is 7.40. The zero-order valence-corrected chi connectivity index (χ0v) is 17.8. The summed E-state index contributed by atoms with van der Waals surface area (Å²) in [6.45, 7) is 0. The number of fused-ring (bicyclic) bond motifs is 2. The Labute approximate surface area is 179 Å². The Morgan fingerprint density at radius 2 is 1.77 bits per heavy atom. The van der Waals surface area contributed by atoms with Gasteiger partial charge in [-0.25, -0.2) is 13.4 Å². The number of hydrogen-bond donors (Lipinski definition) is 1. The van der Waals surface area contributed by atoms with Gasteiger partial charge in [-0.1, -0.05) is 12.1 Å². The molecule has 2 aromatic carbocycles. The van der Waals surface area contributed by atoms with Crippen molar-refractivity contribution < 1.29 is 8.42 Å². The van der Waals surface area contributed by atoms with Gasteiger partial charge in [0.2, 0.25) is 0 Å². The Kier molecular flexibility index (Phi) is 4.44. The van der Waals surface area contributed by atoms with Gasteiger partial charge in [-0.15, -0.1) is 0 Å². The van der Waals surface area contributed by atoms with Gasteiger partial charge < -0.3 is 9.88 Å². The maximum atomic E-state index is 12.2. The minimum Gasteiger partial charge on any atom is -0.351 e. The number of anilines is 2. The molecule has 0 radical (unpaired) electrons. The molecule has 3 aromatic heterocycles. The number of benzene rings is 2. The fourth-order valence-electron chi connectivity index (χ4n) is 3.72. The molecule has 8 heteroatoms. The maximum absolute atomic E-state index is 12.2. The van der Waals surface area contributed by atoms with Crippen LogP contribution in [0.4, 0.5) is 11.5 Å². The van der Waals surface area contributed by atoms with Crippen molar-refractivity contribution in [1.29, 1.82) is 0 Å². The highest BCUT2D eigenvalue weighted by Gasteiger charge is 2.16. The predicted molar refractivity (Wildman–Crippen MR) is 122 cm³/mol. The number of sulfone groups is 1. The van der Waals surface area contributed by atoms with E-state index in [1.165, 1.54) is 12.3 Å². The summed E-state index contributed by atoms with van der Waals surface area (Å²) >= 11 is 0. The first kappa shape index (κ1) is 19.2. The third-order valence-corrected chi connectivity index (χ3v) is 6.33. The zero-order chi connectivity index (χ0) is 21.6. The van der Waals surface area contributed by atoms with Gasteiger partial charge in [-0.05, 0) is 47.3 Å². The number of aryl methyl sites for hydroxylation is 1. The summed E-state index contributed by atoms with van der Waals surface area (Å²) in [6.07, 6.45) is 8.06. The Bertz CT molecular complexity index is 1560. The summed E-state index contributed by atoms with van der Waals surface area (Å²) in [5.74, 6) is 0.275. The molecule has 0 aliphatic heterocycles. The molecule has 0 fully saturated rings. The van der Waals surface area contributed by atoms with Crippen molar-refractivity contribution in [3.05, 3.63) is 73.3 Å². The predicted octanol–water partition coefficient (Wildman–Crippen LogP) is 4.33. The molecular formula is C23H19N5O2S. The molecule has 3 heterocycles. The van der Waals surface area contributed by atoms with Crippen molar-refractivity contribution in [2.75, 3.05) is 11.6 Å². The van der Waals surface area contributed by atoms with Gasteiger partial charge in [0.15, 0.2) is 9.84 Å². The van der Waals surface area contributed by atoms with E-state index >= 15 is 0 Å². The van der Waals surface area contributed by atoms with Crippen molar-refractivity contribution in [1.82, 2.24) is 19.5 Å². The number of nitrogens with zero attached hydrogens (tertiary/aromatic N) is 4. The highest BCUT2D eigenvalue weighted by molar-refractivity contribution is 7.90. The van der Waals surface area contributed by atoms with Crippen LogP contribution in [0.3, 0.4) is 0 Å². The molecule has 0 unspecified atom stereocenters. The lowest BCUT2D eigenvalue weighted by Crippen LogP contribution is -2.04. The first-order chi connectivity index (χ1) is 14.9. The quantitative estimate of drug-likeness (QED) is 0.457. The third kappa shape index (κ3) is 3.51. The molecule has 0 bridgehead atoms. The van der Waals surface area contributed by atoms with E-state index in [1.54, 1.807) is 24.7 Å². The molecule has 0 spiro atoms. The SMILES string of the molecule is Cn1ccc2ccc(-c3cc(Nc4ncccc4S(C)(=O)=O)cc4nccnc34)cc21. The summed E-state index contributed by atoms with van der Waals surface area (Å²) < 4.78 is 26.4. The molecule has 1 N–H and O–H groups in total. The van der Waals surface area contributed by atoms with Gasteiger partial charge >= 0.3 is 0 Å². The van der Waals surface area contributed by atoms with Crippen LogP contribution >= 0.6 is 0 Å². The molecule has 5 rings (SSSR count). The van der Waals surface area contributed by atoms with Crippen LogP contribution in [-0.2, 0) is 16.9 Å². The molecule has 0 aliphatic carbocycles. The van der Waals surface area contributed by atoms with Crippen LogP contribution in [0.2, 0.25) is 0 Å². The molecule has 5 aromatic rings. The van der Waals surface area contributed by atoms with Gasteiger partial charge in [0.25, 0.3) is 0 Å². The van der Waals surface area contributed by atoms with Gasteiger partial charge in [0.05, 0.1) is 11.0 Å². The number of hydrogen-bond acceptors (Lipinski definition) is 6. The number of rotatable bonds is 4. The van der Waals surface area contributed by atoms with Gasteiger partial charge in [-0.2, -0.15) is 0 Å². The van der Waals surface area contributed by atoms with Crippen LogP contribution in [0, 0.1) is 0 Å². The molecule has 0 saturated carbocycles. The van der Waals surface area contributed by atoms with Gasteiger partial charge in [0.1, 0.15) is 10.7 Å². The monoisotopic (exact) mass is 429 g/mol. The van der Waals surface area contributed by atoms with Crippen molar-refractivity contribution in [2.45, 2.75) is 4.90 Å². The van der Waals surface area contributed by atoms with Crippen molar-refractivity contribution in [2.24, 2.45) is 7.05 Å². The summed E-state index contributed by atoms with van der Waals surface area (Å²) in [5.41, 5.74) is 5.15. The van der Waals surface area contributed by atoms with Crippen LogP contribution < -0.4 is 5.32 Å². The van der Waals surface area contributed by atoms with Crippen molar-refractivity contribution >= 4 is 43.3 Å². The smallest absolute Gasteiger partial charge is 0.179 e. The van der Waals surface area contributed by atoms with Crippen LogP contribution in [0.5, 0.6) is 0 Å². The Morgan fingerprint density at radius 3 is 2.61 bits per heavy atom. The van der Waals surface area contributed by atoms with Crippen molar-refractivity contribution in [3.8, 4) is 11.1 Å². The molecule has 0 amide bonds. The van der Waals surface area contributed by atoms with Crippen LogP contribution in [0.25, 0.3) is 33.1 Å². The van der Waals surface area contributed by atoms with E-state index in [0.29, 0.717) is 11.2 Å². The molecule has 0 atom stereocenters. The number of aromatic nitrogens is 4. The Balaban J connectivity index is 1.69. The van der Waals surface area contributed by atoms with Crippen LogP contribution in [0.1, 0.15) is 0 Å². The molecule has 31 heavy (non-hydrogen) atoms. The standard InChI is InChI=1S/C23H19N5O2S/c1-28-11-7-15-5-6-16(12-20(15)28)18-13-17(14-19-22(18)25-10-9-24-19)27-23-21(31(2,29)30)4-3-8-26-23/h3-14H,1-2H3,(H,26,27). The van der Waals surface area contributed by atoms with Crippen molar-refractivity contribution in [3.63, 3.8) is 0 Å². The summed E-state index contributed by atoms with van der Waals surface area (Å²) in [7, 11) is -1.43. The number of pyridine rings is 1. The van der Waals surface area contributed by atoms with E-state index < -0.39 is 9.84 Å². The van der Waals surface area contributed by atoms with E-state index in [9.17, 15) is 8.42 Å². The zero-order valence-electron chi connectivity index (χ0n) is 16.9. The summed E-state index contributed by atoms with van der Waals surface area (Å²) in [5, 5.41) is 4.32. The van der Waals surface area contributed by atoms with E-state index in [0.717, 1.165) is 27.5 Å². The van der Waals surface area contributed by atoms with Crippen LogP contribution in [0.15, 0.2) is 78.2 Å². The van der Waals surface area contributed by atoms with E-state index in [-0.39, 0.29) is 10.7 Å². The number of nitrogens with one attached hydrogen (secondary N) is 1. The topological polar surface area (TPSA) is 89.8 Å². The molecule has 154 valence electrons. The average Bonchev–Trinajstić information content (AvgIpc) is 3.13. The lowest BCUT2D eigenvalue weighted by molar-refractivity contribution is 0.602. The second-order valence-corrected chi connectivity index (χ2v) is 9.38. The minimum absolute atomic E-state index is 0.140. The second kappa shape index (κ2) is 7.17. The molecular weight excluding hydrogens is 410 g/mol. The average molecular weight is 430 g/mol. The lowest BCUT2D eigenvalue weighted by Gasteiger charge is -2.13. The fourth-order valence-corrected chi connectivity index (χ4v) is 4.50. The van der Waals surface area contributed by atoms with Gasteiger partial charge in [0, 0.05) is 54.9 Å². The maximum Gasteiger partial charge on any atom is 0.179 e. The summed E-state index contributed by atoms with van der Waals surface area (Å²) in [6, 6.07) is 15.2. The molecule has 7 nitrogen and oxygen atoms in total. The fraction of sp³-hybridized carbons (Fsp3) is 0.0870. The Morgan fingerprint density at radius 1 is 0.935 bits per heavy atom. The highest BCUT2D eigenvalue weighted by Crippen LogP contribution is 2.33. The van der Waals surface area contributed by atoms with E-state index in [2.05, 4.69) is 49.1 Å². The van der Waals surface area contributed by atoms with Gasteiger partial charge in [-0.3, -0.25) is 9.97 Å². The molecule has 0 saturated heterocycles. The van der Waals surface area contributed by atoms with Crippen LogP contribution in [-0.4, -0.2) is 34.2 Å². The lowest BCUT2D eigenvalue weighted by atomic mass is 10.0. The first-order valence-corrected chi connectivity index (χ1v) is 11.5. The first-order valence-electron chi connectivity index (χ1n) is 9.62. The third-order valence-electron chi connectivity index (χ3n) is 5.21. The minimum atomic E-state index is -3.44. The highest BCUT2D eigenvalue weighted by atomic mass is 32.2. The van der Waals surface area contributed by atoms with E-state index in [4.69, 9.17) is 0 Å². The normalized spacial score (nSPS) is 11.8. The Hall–Kier alpha value is -3.78. The largest absolute Gasteiger partial charge is 0.351 e. The van der Waals surface area contributed by atoms with E-state index in [1.807, 2.05) is 25.4 Å². The molecule has 0 aliphatic rings. The summed E-state index contributed by atoms with van der Waals surface area (Å²) in [4.78, 5) is 13.4.